The maximum absolute atomic E-state index is 12.0. The normalized spacial score (nSPS) is 11.4. The van der Waals surface area contributed by atoms with Crippen LogP contribution < -0.4 is 10.1 Å². The van der Waals surface area contributed by atoms with Gasteiger partial charge >= 0.3 is 5.97 Å². The number of hydrogen-bond donors (Lipinski definition) is 1. The first-order valence-corrected chi connectivity index (χ1v) is 6.81. The third-order valence-electron chi connectivity index (χ3n) is 2.96. The Morgan fingerprint density at radius 2 is 1.59 bits per heavy atom. The molecule has 22 heavy (non-hydrogen) atoms. The van der Waals surface area contributed by atoms with Crippen molar-refractivity contribution in [2.24, 2.45) is 0 Å². The Kier molecular flexibility index (Phi) is 5.14. The van der Waals surface area contributed by atoms with Crippen molar-refractivity contribution in [3.8, 4) is 5.75 Å². The quantitative estimate of drug-likeness (QED) is 0.681. The average Bonchev–Trinajstić information content (AvgIpc) is 2.55. The van der Waals surface area contributed by atoms with Crippen molar-refractivity contribution in [3.05, 3.63) is 65.7 Å². The number of methoxy groups -OCH3 is 1. The first kappa shape index (κ1) is 15.6. The molecule has 5 nitrogen and oxygen atoms in total. The summed E-state index contributed by atoms with van der Waals surface area (Å²) in [5.74, 6) is -0.0650. The fraction of sp³-hybridized carbons (Fsp3) is 0.176. The van der Waals surface area contributed by atoms with E-state index in [1.54, 1.807) is 55.5 Å². The number of nitrogens with one attached hydrogen (secondary N) is 1. The zero-order valence-electron chi connectivity index (χ0n) is 12.4. The standard InChI is InChI=1S/C17H17NO4/c1-12(18-16(19)13-6-4-3-5-7-13)22-15-10-8-14(9-11-15)17(20)21-2/h3-12H,1-2H3,(H,18,19). The second kappa shape index (κ2) is 7.26. The third-order valence-corrected chi connectivity index (χ3v) is 2.96. The molecule has 2 aromatic carbocycles. The summed E-state index contributed by atoms with van der Waals surface area (Å²) in [6.45, 7) is 1.73. The lowest BCUT2D eigenvalue weighted by Crippen LogP contribution is -2.36. The van der Waals surface area contributed by atoms with Gasteiger partial charge in [0.1, 0.15) is 5.75 Å². The van der Waals surface area contributed by atoms with E-state index < -0.39 is 12.2 Å². The zero-order valence-corrected chi connectivity index (χ0v) is 12.4. The van der Waals surface area contributed by atoms with Crippen LogP contribution in [0.4, 0.5) is 0 Å². The van der Waals surface area contributed by atoms with E-state index in [1.165, 1.54) is 7.11 Å². The van der Waals surface area contributed by atoms with Crippen LogP contribution in [0.25, 0.3) is 0 Å². The molecule has 0 aliphatic rings. The molecular weight excluding hydrogens is 282 g/mol. The van der Waals surface area contributed by atoms with Gasteiger partial charge in [-0.15, -0.1) is 0 Å². The first-order valence-electron chi connectivity index (χ1n) is 6.81. The zero-order chi connectivity index (χ0) is 15.9. The van der Waals surface area contributed by atoms with Gasteiger partial charge in [-0.3, -0.25) is 4.79 Å². The molecule has 5 heteroatoms. The predicted octanol–water partition coefficient (Wildman–Crippen LogP) is 2.63. The molecule has 0 saturated heterocycles. The summed E-state index contributed by atoms with van der Waals surface area (Å²) in [6.07, 6.45) is -0.503. The number of ether oxygens (including phenoxy) is 2. The molecule has 1 atom stereocenters. The van der Waals surface area contributed by atoms with E-state index in [-0.39, 0.29) is 5.91 Å². The van der Waals surface area contributed by atoms with Gasteiger partial charge in [0.05, 0.1) is 12.7 Å². The lowest BCUT2D eigenvalue weighted by molar-refractivity contribution is 0.0600. The minimum atomic E-state index is -0.503. The van der Waals surface area contributed by atoms with Crippen LogP contribution in [0.1, 0.15) is 27.6 Å². The number of amides is 1. The molecule has 0 fully saturated rings. The largest absolute Gasteiger partial charge is 0.471 e. The van der Waals surface area contributed by atoms with Gasteiger partial charge in [-0.25, -0.2) is 4.79 Å². The van der Waals surface area contributed by atoms with Gasteiger partial charge in [-0.1, -0.05) is 18.2 Å². The summed E-state index contributed by atoms with van der Waals surface area (Å²) in [4.78, 5) is 23.3. The highest BCUT2D eigenvalue weighted by Crippen LogP contribution is 2.14. The van der Waals surface area contributed by atoms with Gasteiger partial charge < -0.3 is 14.8 Å². The van der Waals surface area contributed by atoms with E-state index >= 15 is 0 Å². The van der Waals surface area contributed by atoms with Crippen molar-refractivity contribution in [3.63, 3.8) is 0 Å². The Balaban J connectivity index is 1.93. The molecule has 2 rings (SSSR count). The van der Waals surface area contributed by atoms with Crippen molar-refractivity contribution in [2.45, 2.75) is 13.2 Å². The maximum Gasteiger partial charge on any atom is 0.337 e. The fourth-order valence-corrected chi connectivity index (χ4v) is 1.88. The second-order valence-electron chi connectivity index (χ2n) is 4.62. The summed E-state index contributed by atoms with van der Waals surface area (Å²) in [6, 6.07) is 15.4. The molecule has 0 aromatic heterocycles. The Morgan fingerprint density at radius 3 is 2.18 bits per heavy atom. The monoisotopic (exact) mass is 299 g/mol. The van der Waals surface area contributed by atoms with Gasteiger partial charge in [0.25, 0.3) is 5.91 Å². The molecule has 0 saturated carbocycles. The highest BCUT2D eigenvalue weighted by molar-refractivity contribution is 5.94. The van der Waals surface area contributed by atoms with Crippen LogP contribution >= 0.6 is 0 Å². The Labute approximate surface area is 128 Å². The van der Waals surface area contributed by atoms with Crippen molar-refractivity contribution in [2.75, 3.05) is 7.11 Å². The molecule has 2 aromatic rings. The predicted molar refractivity (Wildman–Crippen MR) is 81.8 cm³/mol. The lowest BCUT2D eigenvalue weighted by atomic mass is 10.2. The van der Waals surface area contributed by atoms with Gasteiger partial charge in [0.2, 0.25) is 0 Å². The average molecular weight is 299 g/mol. The van der Waals surface area contributed by atoms with E-state index in [0.29, 0.717) is 16.9 Å². The van der Waals surface area contributed by atoms with Gasteiger partial charge in [-0.05, 0) is 43.3 Å². The Morgan fingerprint density at radius 1 is 0.955 bits per heavy atom. The second-order valence-corrected chi connectivity index (χ2v) is 4.62. The summed E-state index contributed by atoms with van der Waals surface area (Å²) in [7, 11) is 1.33. The van der Waals surface area contributed by atoms with Crippen LogP contribution in [0.3, 0.4) is 0 Å². The van der Waals surface area contributed by atoms with Crippen LogP contribution in [0, 0.1) is 0 Å². The van der Waals surface area contributed by atoms with Crippen LogP contribution in [0.5, 0.6) is 5.75 Å². The molecule has 0 heterocycles. The van der Waals surface area contributed by atoms with Crippen molar-refractivity contribution < 1.29 is 19.1 Å². The topological polar surface area (TPSA) is 64.6 Å². The number of hydrogen-bond acceptors (Lipinski definition) is 4. The van der Waals surface area contributed by atoms with Gasteiger partial charge in [0.15, 0.2) is 6.23 Å². The molecule has 0 aliphatic heterocycles. The van der Waals surface area contributed by atoms with E-state index in [1.807, 2.05) is 6.07 Å². The van der Waals surface area contributed by atoms with Gasteiger partial charge in [0, 0.05) is 5.56 Å². The third kappa shape index (κ3) is 4.09. The van der Waals surface area contributed by atoms with E-state index in [4.69, 9.17) is 4.74 Å². The number of carbonyl (C=O) groups is 2. The SMILES string of the molecule is COC(=O)c1ccc(OC(C)NC(=O)c2ccccc2)cc1. The lowest BCUT2D eigenvalue weighted by Gasteiger charge is -2.16. The van der Waals surface area contributed by atoms with Gasteiger partial charge in [-0.2, -0.15) is 0 Å². The number of esters is 1. The Bertz CT molecular complexity index is 637. The van der Waals surface area contributed by atoms with Crippen molar-refractivity contribution >= 4 is 11.9 Å². The summed E-state index contributed by atoms with van der Waals surface area (Å²) >= 11 is 0. The van der Waals surface area contributed by atoms with E-state index in [2.05, 4.69) is 10.1 Å². The van der Waals surface area contributed by atoms with Crippen LogP contribution in [-0.4, -0.2) is 25.2 Å². The summed E-state index contributed by atoms with van der Waals surface area (Å²) in [5, 5.41) is 2.74. The van der Waals surface area contributed by atoms with Crippen LogP contribution in [0.2, 0.25) is 0 Å². The van der Waals surface area contributed by atoms with Crippen molar-refractivity contribution in [1.82, 2.24) is 5.32 Å². The molecule has 0 aliphatic carbocycles. The van der Waals surface area contributed by atoms with E-state index in [9.17, 15) is 9.59 Å². The summed E-state index contributed by atoms with van der Waals surface area (Å²) in [5.41, 5.74) is 1.01. The first-order chi connectivity index (χ1) is 10.6. The van der Waals surface area contributed by atoms with E-state index in [0.717, 1.165) is 0 Å². The Hall–Kier alpha value is -2.82. The highest BCUT2D eigenvalue weighted by atomic mass is 16.5. The highest BCUT2D eigenvalue weighted by Gasteiger charge is 2.11. The fourth-order valence-electron chi connectivity index (χ4n) is 1.88. The minimum absolute atomic E-state index is 0.209. The molecule has 1 unspecified atom stereocenters. The molecular formula is C17H17NO4. The maximum atomic E-state index is 12.0. The van der Waals surface area contributed by atoms with Crippen molar-refractivity contribution in [1.29, 1.82) is 0 Å². The molecule has 0 radical (unpaired) electrons. The summed E-state index contributed by atoms with van der Waals surface area (Å²) < 4.78 is 10.2. The smallest absolute Gasteiger partial charge is 0.337 e. The minimum Gasteiger partial charge on any atom is -0.471 e. The molecule has 114 valence electrons. The molecule has 1 amide bonds. The molecule has 1 N–H and O–H groups in total. The number of rotatable bonds is 5. The number of carbonyl (C=O) groups excluding carboxylic acids is 2. The molecule has 0 bridgehead atoms. The number of benzene rings is 2. The van der Waals surface area contributed by atoms with Crippen LogP contribution in [0.15, 0.2) is 54.6 Å². The van der Waals surface area contributed by atoms with Crippen LogP contribution in [-0.2, 0) is 4.74 Å². The molecule has 0 spiro atoms.